The monoisotopic (exact) mass is 382 g/mol. The highest BCUT2D eigenvalue weighted by atomic mass is 32.3. The van der Waals surface area contributed by atoms with Crippen LogP contribution in [0.5, 0.6) is 0 Å². The lowest BCUT2D eigenvalue weighted by Gasteiger charge is -2.22. The number of hydrogen-bond acceptors (Lipinski definition) is 4. The van der Waals surface area contributed by atoms with Gasteiger partial charge >= 0.3 is 11.0 Å². The van der Waals surface area contributed by atoms with Gasteiger partial charge in [-0.1, -0.05) is 19.8 Å². The van der Waals surface area contributed by atoms with Gasteiger partial charge in [0.1, 0.15) is 0 Å². The number of alkyl halides is 6. The van der Waals surface area contributed by atoms with Gasteiger partial charge < -0.3 is 9.86 Å². The van der Waals surface area contributed by atoms with E-state index in [2.05, 4.69) is 12.7 Å². The minimum atomic E-state index is -6.72. The van der Waals surface area contributed by atoms with E-state index in [0.29, 0.717) is 0 Å². The summed E-state index contributed by atoms with van der Waals surface area (Å²) in [5.41, 5.74) is -8.65. The van der Waals surface area contributed by atoms with E-state index in [1.54, 1.807) is 0 Å². The maximum atomic E-state index is 11.4. The van der Waals surface area contributed by atoms with Crippen molar-refractivity contribution < 1.29 is 48.9 Å². The summed E-state index contributed by atoms with van der Waals surface area (Å²) >= 11 is 0. The Kier molecular flexibility index (Phi) is 9.55. The third kappa shape index (κ3) is 8.75. The first kappa shape index (κ1) is 23.7. The predicted octanol–water partition coefficient (Wildman–Crippen LogP) is 1.87. The summed E-state index contributed by atoms with van der Waals surface area (Å²) in [5, 5.41) is 0. The minimum absolute atomic E-state index is 0.778. The Bertz CT molecular complexity index is 466. The molecule has 0 saturated carbocycles. The standard InChI is InChI=1S/C6H15N.C2F6NO4S2/c1-2-3-4-5-6-7;3-1(4,5)14(10,11)9-15(12,13)2(6,7)8/h2-7H2,1H3;/q;-1/p+1. The van der Waals surface area contributed by atoms with Gasteiger partial charge in [0, 0.05) is 0 Å². The van der Waals surface area contributed by atoms with E-state index in [9.17, 15) is 43.2 Å². The van der Waals surface area contributed by atoms with Gasteiger partial charge in [-0.3, -0.25) is 0 Å². The number of nitrogens with zero attached hydrogens (tertiary/aromatic N) is 1. The summed E-state index contributed by atoms with van der Waals surface area (Å²) < 4.78 is 109. The van der Waals surface area contributed by atoms with E-state index < -0.39 is 31.1 Å². The lowest BCUT2D eigenvalue weighted by atomic mass is 10.2. The summed E-state index contributed by atoms with van der Waals surface area (Å²) in [4.78, 5) is 0. The molecule has 0 aromatic carbocycles. The van der Waals surface area contributed by atoms with Gasteiger partial charge in [0.15, 0.2) is 20.0 Å². The van der Waals surface area contributed by atoms with Crippen molar-refractivity contribution in [3.63, 3.8) is 0 Å². The average molecular weight is 382 g/mol. The maximum Gasteiger partial charge on any atom is 0.480 e. The molecule has 0 aliphatic carbocycles. The normalized spacial score (nSPS) is 13.5. The minimum Gasteiger partial charge on any atom is -0.421 e. The Balaban J connectivity index is 0. The molecule has 22 heavy (non-hydrogen) atoms. The van der Waals surface area contributed by atoms with Crippen LogP contribution < -0.4 is 5.73 Å². The van der Waals surface area contributed by atoms with Crippen LogP contribution in [0, 0.1) is 0 Å². The fourth-order valence-electron chi connectivity index (χ4n) is 0.817. The van der Waals surface area contributed by atoms with Gasteiger partial charge in [-0.05, 0) is 12.8 Å². The molecule has 0 aliphatic heterocycles. The van der Waals surface area contributed by atoms with Crippen molar-refractivity contribution >= 4 is 20.0 Å². The van der Waals surface area contributed by atoms with Gasteiger partial charge in [-0.25, -0.2) is 16.8 Å². The molecule has 0 amide bonds. The third-order valence-electron chi connectivity index (χ3n) is 1.88. The van der Waals surface area contributed by atoms with Crippen LogP contribution >= 0.6 is 0 Å². The molecule has 0 aromatic heterocycles. The molecule has 0 unspecified atom stereocenters. The quantitative estimate of drug-likeness (QED) is 0.558. The molecular formula is C8H16F6N2O4S2. The van der Waals surface area contributed by atoms with E-state index in [1.165, 1.54) is 25.7 Å². The van der Waals surface area contributed by atoms with Crippen molar-refractivity contribution in [3.05, 3.63) is 4.13 Å². The second kappa shape index (κ2) is 8.88. The van der Waals surface area contributed by atoms with Crippen molar-refractivity contribution in [1.82, 2.24) is 0 Å². The fourth-order valence-corrected chi connectivity index (χ4v) is 2.53. The molecule has 0 saturated heterocycles. The zero-order chi connectivity index (χ0) is 18.2. The molecule has 0 rings (SSSR count). The largest absolute Gasteiger partial charge is 0.480 e. The Morgan fingerprint density at radius 3 is 1.41 bits per heavy atom. The van der Waals surface area contributed by atoms with E-state index in [-0.39, 0.29) is 0 Å². The van der Waals surface area contributed by atoms with Gasteiger partial charge in [0.05, 0.1) is 6.54 Å². The Morgan fingerprint density at radius 2 is 1.18 bits per heavy atom. The number of halogens is 6. The molecule has 0 aromatic rings. The van der Waals surface area contributed by atoms with E-state index in [4.69, 9.17) is 0 Å². The third-order valence-corrected chi connectivity index (χ3v) is 4.62. The zero-order valence-electron chi connectivity index (χ0n) is 11.4. The SMILES string of the molecule is CCCCCC[NH3+].O=S(=O)([N-]S(=O)(=O)C(F)(F)F)C(F)(F)F. The second-order valence-electron chi connectivity index (χ2n) is 3.83. The molecule has 0 fully saturated rings. The number of rotatable bonds is 6. The molecule has 14 heteroatoms. The predicted molar refractivity (Wildman–Crippen MR) is 65.2 cm³/mol. The summed E-state index contributed by atoms with van der Waals surface area (Å²) in [7, 11) is -13.4. The van der Waals surface area contributed by atoms with Crippen molar-refractivity contribution in [1.29, 1.82) is 0 Å². The van der Waals surface area contributed by atoms with Crippen molar-refractivity contribution in [3.8, 4) is 0 Å². The van der Waals surface area contributed by atoms with Crippen LogP contribution in [0.1, 0.15) is 32.6 Å². The van der Waals surface area contributed by atoms with Crippen molar-refractivity contribution in [2.45, 2.75) is 43.6 Å². The first-order chi connectivity index (χ1) is 9.62. The van der Waals surface area contributed by atoms with Crippen molar-refractivity contribution in [2.75, 3.05) is 6.54 Å². The number of quaternary nitrogens is 1. The Labute approximate surface area is 124 Å². The summed E-state index contributed by atoms with van der Waals surface area (Å²) in [5.74, 6) is 0. The number of hydrogen-bond donors (Lipinski definition) is 1. The molecule has 3 N–H and O–H groups in total. The second-order valence-corrected chi connectivity index (χ2v) is 7.25. The van der Waals surface area contributed by atoms with Crippen LogP contribution in [0.15, 0.2) is 0 Å². The lowest BCUT2D eigenvalue weighted by molar-refractivity contribution is -0.368. The van der Waals surface area contributed by atoms with Crippen LogP contribution in [0.25, 0.3) is 4.13 Å². The topological polar surface area (TPSA) is 110 Å². The summed E-state index contributed by atoms with van der Waals surface area (Å²) in [6.45, 7) is 3.34. The van der Waals surface area contributed by atoms with E-state index in [1.807, 2.05) is 0 Å². The lowest BCUT2D eigenvalue weighted by Crippen LogP contribution is -2.50. The molecule has 0 aliphatic rings. The molecule has 0 heterocycles. The van der Waals surface area contributed by atoms with Crippen molar-refractivity contribution in [2.24, 2.45) is 0 Å². The van der Waals surface area contributed by atoms with Crippen LogP contribution in [0.2, 0.25) is 0 Å². The highest BCUT2D eigenvalue weighted by Gasteiger charge is 2.46. The summed E-state index contributed by atoms with van der Waals surface area (Å²) in [6, 6.07) is 0. The van der Waals surface area contributed by atoms with Crippen LogP contribution in [-0.2, 0) is 20.0 Å². The maximum absolute atomic E-state index is 11.4. The first-order valence-corrected chi connectivity index (χ1v) is 8.66. The molecule has 0 spiro atoms. The highest BCUT2D eigenvalue weighted by Crippen LogP contribution is 2.36. The van der Waals surface area contributed by atoms with Crippen LogP contribution in [0.4, 0.5) is 26.3 Å². The fraction of sp³-hybridized carbons (Fsp3) is 1.00. The number of unbranched alkanes of at least 4 members (excludes halogenated alkanes) is 3. The smallest absolute Gasteiger partial charge is 0.421 e. The van der Waals surface area contributed by atoms with E-state index in [0.717, 1.165) is 10.7 Å². The van der Waals surface area contributed by atoms with Crippen LogP contribution in [0.3, 0.4) is 0 Å². The van der Waals surface area contributed by atoms with Gasteiger partial charge in [-0.2, -0.15) is 26.3 Å². The van der Waals surface area contributed by atoms with Crippen LogP contribution in [-0.4, -0.2) is 34.4 Å². The molecule has 136 valence electrons. The van der Waals surface area contributed by atoms with E-state index >= 15 is 0 Å². The Hall–Kier alpha value is -0.600. The molecule has 6 nitrogen and oxygen atoms in total. The number of sulfonamides is 2. The molecule has 0 radical (unpaired) electrons. The zero-order valence-corrected chi connectivity index (χ0v) is 13.0. The van der Waals surface area contributed by atoms with Gasteiger partial charge in [0.2, 0.25) is 0 Å². The average Bonchev–Trinajstić information content (AvgIpc) is 2.26. The highest BCUT2D eigenvalue weighted by molar-refractivity contribution is 8.13. The molecule has 0 bridgehead atoms. The molecule has 0 atom stereocenters. The summed E-state index contributed by atoms with van der Waals surface area (Å²) in [6.07, 6.45) is 5.41. The first-order valence-electron chi connectivity index (χ1n) is 5.78. The Morgan fingerprint density at radius 1 is 0.818 bits per heavy atom. The van der Waals surface area contributed by atoms with Gasteiger partial charge in [0.25, 0.3) is 0 Å². The molecular weight excluding hydrogens is 366 g/mol. The van der Waals surface area contributed by atoms with Gasteiger partial charge in [-0.15, -0.1) is 0 Å².